The lowest BCUT2D eigenvalue weighted by Crippen LogP contribution is -2.59. The molecule has 2 amide bonds. The maximum atomic E-state index is 14.1. The highest BCUT2D eigenvalue weighted by Gasteiger charge is 2.51. The van der Waals surface area contributed by atoms with E-state index in [2.05, 4.69) is 5.32 Å². The van der Waals surface area contributed by atoms with E-state index in [-0.39, 0.29) is 13.0 Å². The number of alkyl carbamates (subject to hydrolysis) is 1. The van der Waals surface area contributed by atoms with Gasteiger partial charge in [0.1, 0.15) is 23.9 Å². The second-order valence-corrected chi connectivity index (χ2v) is 9.99. The lowest BCUT2D eigenvalue weighted by atomic mass is 9.71. The van der Waals surface area contributed by atoms with Crippen molar-refractivity contribution < 1.29 is 31.9 Å². The number of hydrogen-bond donors (Lipinski definition) is 1. The molecule has 0 spiro atoms. The summed E-state index contributed by atoms with van der Waals surface area (Å²) in [5.74, 6) is -0.639. The number of halogens is 4. The highest BCUT2D eigenvalue weighted by Crippen LogP contribution is 2.45. The van der Waals surface area contributed by atoms with Gasteiger partial charge in [0.25, 0.3) is 0 Å². The number of likely N-dealkylation sites (tertiary alicyclic amines) is 1. The van der Waals surface area contributed by atoms with E-state index in [0.29, 0.717) is 31.2 Å². The second kappa shape index (κ2) is 9.43. The average molecular weight is 484 g/mol. The van der Waals surface area contributed by atoms with Crippen molar-refractivity contribution in [3.63, 3.8) is 0 Å². The molecule has 1 saturated carbocycles. The van der Waals surface area contributed by atoms with E-state index in [1.54, 1.807) is 20.8 Å². The number of ether oxygens (including phenoxy) is 1. The van der Waals surface area contributed by atoms with E-state index in [9.17, 15) is 32.4 Å². The van der Waals surface area contributed by atoms with Crippen LogP contribution in [0.2, 0.25) is 0 Å². The van der Waals surface area contributed by atoms with Crippen molar-refractivity contribution in [1.29, 1.82) is 5.26 Å². The molecule has 1 aliphatic carbocycles. The highest BCUT2D eigenvalue weighted by atomic mass is 19.4. The molecule has 34 heavy (non-hydrogen) atoms. The Labute approximate surface area is 196 Å². The zero-order valence-corrected chi connectivity index (χ0v) is 19.4. The van der Waals surface area contributed by atoms with Gasteiger partial charge in [-0.15, -0.1) is 0 Å². The quantitative estimate of drug-likeness (QED) is 0.620. The first-order chi connectivity index (χ1) is 15.8. The Bertz CT molecular complexity index is 944. The fourth-order valence-electron chi connectivity index (χ4n) is 4.92. The minimum atomic E-state index is -4.52. The minimum Gasteiger partial charge on any atom is -0.444 e. The van der Waals surface area contributed by atoms with Crippen LogP contribution in [0.3, 0.4) is 0 Å². The summed E-state index contributed by atoms with van der Waals surface area (Å²) in [7, 11) is 0. The first-order valence-electron chi connectivity index (χ1n) is 11.3. The van der Waals surface area contributed by atoms with E-state index in [1.165, 1.54) is 12.1 Å². The molecule has 1 N–H and O–H groups in total. The molecule has 1 heterocycles. The molecule has 1 aromatic rings. The van der Waals surface area contributed by atoms with E-state index in [1.807, 2.05) is 6.07 Å². The Morgan fingerprint density at radius 3 is 2.26 bits per heavy atom. The van der Waals surface area contributed by atoms with Crippen LogP contribution in [0, 0.1) is 11.3 Å². The Morgan fingerprint density at radius 2 is 1.76 bits per heavy atom. The fraction of sp³-hybridized carbons (Fsp3) is 0.625. The van der Waals surface area contributed by atoms with Gasteiger partial charge in [-0.05, 0) is 51.3 Å². The van der Waals surface area contributed by atoms with E-state index < -0.39 is 53.0 Å². The van der Waals surface area contributed by atoms with Crippen LogP contribution in [-0.2, 0) is 21.1 Å². The van der Waals surface area contributed by atoms with Crippen LogP contribution < -0.4 is 5.32 Å². The molecule has 1 aromatic carbocycles. The minimum absolute atomic E-state index is 0.130. The number of nitrogens with one attached hydrogen (secondary N) is 1. The predicted molar refractivity (Wildman–Crippen MR) is 115 cm³/mol. The number of nitrogens with zero attached hydrogens (tertiary/aromatic N) is 2. The summed E-state index contributed by atoms with van der Waals surface area (Å²) >= 11 is 0. The van der Waals surface area contributed by atoms with Crippen molar-refractivity contribution in [1.82, 2.24) is 10.2 Å². The van der Waals surface area contributed by atoms with Crippen molar-refractivity contribution in [2.24, 2.45) is 0 Å². The molecule has 0 aromatic heterocycles. The van der Waals surface area contributed by atoms with Crippen LogP contribution >= 0.6 is 0 Å². The largest absolute Gasteiger partial charge is 0.444 e. The first kappa shape index (κ1) is 25.8. The molecule has 6 nitrogen and oxygen atoms in total. The molecule has 0 bridgehead atoms. The van der Waals surface area contributed by atoms with Crippen LogP contribution in [0.25, 0.3) is 0 Å². The zero-order valence-electron chi connectivity index (χ0n) is 19.4. The number of hydrogen-bond acceptors (Lipinski definition) is 4. The number of carbonyl (C=O) groups excluding carboxylic acids is 2. The molecule has 2 aliphatic rings. The van der Waals surface area contributed by atoms with Crippen LogP contribution in [0.4, 0.5) is 22.4 Å². The number of carbonyl (C=O) groups is 2. The van der Waals surface area contributed by atoms with Crippen molar-refractivity contribution in [2.45, 2.75) is 88.3 Å². The Morgan fingerprint density at radius 1 is 1.18 bits per heavy atom. The van der Waals surface area contributed by atoms with Gasteiger partial charge in [0, 0.05) is 11.8 Å². The van der Waals surface area contributed by atoms with Crippen molar-refractivity contribution >= 4 is 12.0 Å². The first-order valence-corrected chi connectivity index (χ1v) is 11.3. The monoisotopic (exact) mass is 483 g/mol. The molecule has 10 heteroatoms. The molecule has 1 aliphatic heterocycles. The van der Waals surface area contributed by atoms with Gasteiger partial charge in [-0.1, -0.05) is 25.0 Å². The topological polar surface area (TPSA) is 82.4 Å². The molecular weight excluding hydrogens is 454 g/mol. The standard InChI is InChI=1S/C24H29F4N3O3/c1-22(2,3)34-21(33)30-19(20(32)31-14-17(25)12-18(31)13-29)23(10-4-5-11-23)15-6-8-16(9-7-15)24(26,27)28/h6-9,17-19H,4-5,10-12,14H2,1-3H3,(H,30,33)/t17-,18-,19+/m0/s1. The summed E-state index contributed by atoms with van der Waals surface area (Å²) in [4.78, 5) is 27.6. The third-order valence-electron chi connectivity index (χ3n) is 6.43. The van der Waals surface area contributed by atoms with Crippen LogP contribution in [0.15, 0.2) is 24.3 Å². The molecule has 186 valence electrons. The third-order valence-corrected chi connectivity index (χ3v) is 6.43. The number of rotatable bonds is 4. The van der Waals surface area contributed by atoms with Crippen molar-refractivity contribution in [2.75, 3.05) is 6.54 Å². The molecule has 0 radical (unpaired) electrons. The Balaban J connectivity index is 2.04. The summed E-state index contributed by atoms with van der Waals surface area (Å²) in [5, 5.41) is 12.1. The number of alkyl halides is 4. The smallest absolute Gasteiger partial charge is 0.416 e. The summed E-state index contributed by atoms with van der Waals surface area (Å²) in [5.41, 5.74) is -2.23. The second-order valence-electron chi connectivity index (χ2n) is 9.99. The van der Waals surface area contributed by atoms with Crippen LogP contribution in [0.1, 0.15) is 64.0 Å². The van der Waals surface area contributed by atoms with E-state index in [0.717, 1.165) is 17.0 Å². The maximum absolute atomic E-state index is 14.1. The molecule has 1 saturated heterocycles. The number of nitriles is 1. The van der Waals surface area contributed by atoms with Gasteiger partial charge >= 0.3 is 12.3 Å². The van der Waals surface area contributed by atoms with Crippen LogP contribution in [-0.4, -0.2) is 47.3 Å². The third kappa shape index (κ3) is 5.45. The van der Waals surface area contributed by atoms with Gasteiger partial charge in [-0.25, -0.2) is 9.18 Å². The van der Waals surface area contributed by atoms with E-state index in [4.69, 9.17) is 4.74 Å². The highest BCUT2D eigenvalue weighted by molar-refractivity contribution is 5.88. The molecule has 3 rings (SSSR count). The summed E-state index contributed by atoms with van der Waals surface area (Å²) in [6, 6.07) is 4.28. The summed E-state index contributed by atoms with van der Waals surface area (Å²) in [6.45, 7) is 4.69. The fourth-order valence-corrected chi connectivity index (χ4v) is 4.92. The number of benzene rings is 1. The molecule has 3 atom stereocenters. The lowest BCUT2D eigenvalue weighted by molar-refractivity contribution is -0.138. The van der Waals surface area contributed by atoms with Crippen molar-refractivity contribution in [3.8, 4) is 6.07 Å². The SMILES string of the molecule is CC(C)(C)OC(=O)N[C@H](C(=O)N1C[C@@H](F)C[C@H]1C#N)C1(c2ccc(C(F)(F)F)cc2)CCCC1. The van der Waals surface area contributed by atoms with Gasteiger partial charge in [-0.3, -0.25) is 4.79 Å². The normalized spacial score (nSPS) is 23.3. The lowest BCUT2D eigenvalue weighted by Gasteiger charge is -2.40. The summed E-state index contributed by atoms with van der Waals surface area (Å²) < 4.78 is 58.9. The summed E-state index contributed by atoms with van der Waals surface area (Å²) in [6.07, 6.45) is -4.66. The van der Waals surface area contributed by atoms with Crippen LogP contribution in [0.5, 0.6) is 0 Å². The van der Waals surface area contributed by atoms with Gasteiger partial charge in [-0.2, -0.15) is 18.4 Å². The molecule has 2 fully saturated rings. The Hall–Kier alpha value is -2.83. The molecular formula is C24H29F4N3O3. The Kier molecular flexibility index (Phi) is 7.15. The average Bonchev–Trinajstić information content (AvgIpc) is 3.37. The zero-order chi connectivity index (χ0) is 25.3. The van der Waals surface area contributed by atoms with Crippen molar-refractivity contribution in [3.05, 3.63) is 35.4 Å². The maximum Gasteiger partial charge on any atom is 0.416 e. The van der Waals surface area contributed by atoms with Gasteiger partial charge in [0.15, 0.2) is 0 Å². The van der Waals surface area contributed by atoms with E-state index >= 15 is 0 Å². The van der Waals surface area contributed by atoms with Gasteiger partial charge in [0.05, 0.1) is 18.2 Å². The predicted octanol–water partition coefficient (Wildman–Crippen LogP) is 4.87. The molecule has 0 unspecified atom stereocenters. The van der Waals surface area contributed by atoms with Gasteiger partial charge < -0.3 is 15.0 Å². The number of amides is 2. The van der Waals surface area contributed by atoms with Gasteiger partial charge in [0.2, 0.25) is 5.91 Å².